The molecule has 0 rings (SSSR count). The summed E-state index contributed by atoms with van der Waals surface area (Å²) in [6.07, 6.45) is -23.0. The molecule has 0 aliphatic heterocycles. The molecule has 0 fully saturated rings. The van der Waals surface area contributed by atoms with Gasteiger partial charge in [0, 0.05) is 25.9 Å². The van der Waals surface area contributed by atoms with Gasteiger partial charge in [0.1, 0.15) is 0 Å². The van der Waals surface area contributed by atoms with E-state index in [1.54, 1.807) is 0 Å². The first-order chi connectivity index (χ1) is 22.6. The third-order valence-corrected chi connectivity index (χ3v) is 9.13. The van der Waals surface area contributed by atoms with Crippen molar-refractivity contribution in [1.82, 2.24) is 9.44 Å². The van der Waals surface area contributed by atoms with Crippen LogP contribution in [0.5, 0.6) is 0 Å². The van der Waals surface area contributed by atoms with Crippen molar-refractivity contribution < 1.29 is 131 Å². The zero-order chi connectivity index (χ0) is 43.4. The Morgan fingerprint density at radius 3 is 0.736 bits per heavy atom. The molecule has 0 saturated heterocycles. The molecule has 0 heterocycles. The second-order valence-corrected chi connectivity index (χ2v) is 14.1. The van der Waals surface area contributed by atoms with Crippen LogP contribution in [0.15, 0.2) is 0 Å². The molecular formula is C19H16F26N2O4S2. The van der Waals surface area contributed by atoms with E-state index in [-0.39, 0.29) is 0 Å². The van der Waals surface area contributed by atoms with Crippen LogP contribution in [0.3, 0.4) is 0 Å². The SMILES string of the molecule is O=S(=O)(CCC(F)(F)C(F)(F)C(F)(F)C(F)(F)C(F)(F)C(F)(F)F)NCCCNS(=O)(=O)CCC(F)(F)C(F)(F)C(F)(F)C(F)(F)C(F)(F)C(F)(F)F. The zero-order valence-electron chi connectivity index (χ0n) is 24.2. The van der Waals surface area contributed by atoms with E-state index in [1.165, 1.54) is 0 Å². The van der Waals surface area contributed by atoms with Gasteiger partial charge in [-0.05, 0) is 6.42 Å². The molecule has 0 aromatic carbocycles. The molecule has 0 aromatic rings. The highest BCUT2D eigenvalue weighted by Crippen LogP contribution is 2.62. The maximum atomic E-state index is 13.8. The molecule has 6 nitrogen and oxygen atoms in total. The number of sulfonamides is 2. The van der Waals surface area contributed by atoms with Crippen molar-refractivity contribution in [2.24, 2.45) is 0 Å². The van der Waals surface area contributed by atoms with Crippen LogP contribution < -0.4 is 9.44 Å². The van der Waals surface area contributed by atoms with Crippen LogP contribution in [-0.4, -0.2) is 113 Å². The van der Waals surface area contributed by atoms with Gasteiger partial charge >= 0.3 is 71.6 Å². The molecule has 0 atom stereocenters. The van der Waals surface area contributed by atoms with Gasteiger partial charge < -0.3 is 0 Å². The molecule has 0 radical (unpaired) electrons. The average molecular weight is 894 g/mol. The average Bonchev–Trinajstić information content (AvgIpc) is 2.93. The van der Waals surface area contributed by atoms with Gasteiger partial charge in [-0.25, -0.2) is 26.3 Å². The molecule has 0 bridgehead atoms. The smallest absolute Gasteiger partial charge is 0.215 e. The van der Waals surface area contributed by atoms with Crippen molar-refractivity contribution in [3.63, 3.8) is 0 Å². The molecule has 320 valence electrons. The van der Waals surface area contributed by atoms with Gasteiger partial charge in [-0.2, -0.15) is 114 Å². The normalized spacial score (nSPS) is 16.3. The summed E-state index contributed by atoms with van der Waals surface area (Å²) in [6.45, 7) is -2.69. The Kier molecular flexibility index (Phi) is 13.9. The van der Waals surface area contributed by atoms with E-state index in [9.17, 15) is 131 Å². The maximum absolute atomic E-state index is 13.8. The van der Waals surface area contributed by atoms with E-state index < -0.39 is 135 Å². The number of hydrogen-bond acceptors (Lipinski definition) is 4. The van der Waals surface area contributed by atoms with E-state index in [0.717, 1.165) is 9.44 Å². The highest BCUT2D eigenvalue weighted by molar-refractivity contribution is 7.89. The Morgan fingerprint density at radius 1 is 0.321 bits per heavy atom. The second-order valence-electron chi connectivity index (χ2n) is 10.3. The third kappa shape index (κ3) is 9.18. The molecule has 0 saturated carbocycles. The van der Waals surface area contributed by atoms with Crippen molar-refractivity contribution in [1.29, 1.82) is 0 Å². The second kappa shape index (κ2) is 14.5. The first-order valence-corrected chi connectivity index (χ1v) is 15.8. The van der Waals surface area contributed by atoms with Gasteiger partial charge in [0.25, 0.3) is 0 Å². The van der Waals surface area contributed by atoms with E-state index in [0.29, 0.717) is 0 Å². The van der Waals surface area contributed by atoms with Crippen LogP contribution in [0.4, 0.5) is 114 Å². The zero-order valence-corrected chi connectivity index (χ0v) is 25.9. The monoisotopic (exact) mass is 894 g/mol. The molecule has 2 N–H and O–H groups in total. The van der Waals surface area contributed by atoms with E-state index >= 15 is 0 Å². The number of hydrogen-bond donors (Lipinski definition) is 2. The molecule has 0 aromatic heterocycles. The van der Waals surface area contributed by atoms with Crippen molar-refractivity contribution in [3.8, 4) is 0 Å². The first kappa shape index (κ1) is 51.0. The van der Waals surface area contributed by atoms with Gasteiger partial charge in [-0.15, -0.1) is 0 Å². The molecule has 34 heteroatoms. The van der Waals surface area contributed by atoms with E-state index in [1.807, 2.05) is 0 Å². The molecular weight excluding hydrogens is 878 g/mol. The minimum atomic E-state index is -8.29. The van der Waals surface area contributed by atoms with Gasteiger partial charge in [0.15, 0.2) is 0 Å². The van der Waals surface area contributed by atoms with Gasteiger partial charge in [-0.1, -0.05) is 0 Å². The van der Waals surface area contributed by atoms with E-state index in [2.05, 4.69) is 0 Å². The third-order valence-electron chi connectivity index (χ3n) is 6.36. The number of halogens is 26. The van der Waals surface area contributed by atoms with Crippen LogP contribution in [0.2, 0.25) is 0 Å². The van der Waals surface area contributed by atoms with Gasteiger partial charge in [-0.3, -0.25) is 0 Å². The molecule has 0 aliphatic carbocycles. The van der Waals surface area contributed by atoms with Crippen molar-refractivity contribution in [3.05, 3.63) is 0 Å². The van der Waals surface area contributed by atoms with Crippen molar-refractivity contribution in [2.75, 3.05) is 24.6 Å². The highest BCUT2D eigenvalue weighted by atomic mass is 32.2. The first-order valence-electron chi connectivity index (χ1n) is 12.5. The van der Waals surface area contributed by atoms with Crippen LogP contribution in [-0.2, 0) is 20.0 Å². The fourth-order valence-corrected chi connectivity index (χ4v) is 5.38. The summed E-state index contributed by atoms with van der Waals surface area (Å²) >= 11 is 0. The van der Waals surface area contributed by atoms with Crippen LogP contribution in [0, 0.1) is 0 Å². The lowest BCUT2D eigenvalue weighted by molar-refractivity contribution is -0.439. The lowest BCUT2D eigenvalue weighted by atomic mass is 9.93. The minimum Gasteiger partial charge on any atom is -0.215 e. The number of rotatable bonds is 20. The molecule has 53 heavy (non-hydrogen) atoms. The summed E-state index contributed by atoms with van der Waals surface area (Å²) in [4.78, 5) is 0. The fraction of sp³-hybridized carbons (Fsp3) is 1.00. The molecule has 0 amide bonds. The van der Waals surface area contributed by atoms with Crippen LogP contribution in [0.1, 0.15) is 19.3 Å². The lowest BCUT2D eigenvalue weighted by Gasteiger charge is -2.39. The summed E-state index contributed by atoms with van der Waals surface area (Å²) in [5.74, 6) is -83.7. The van der Waals surface area contributed by atoms with E-state index in [4.69, 9.17) is 0 Å². The van der Waals surface area contributed by atoms with Gasteiger partial charge in [0.2, 0.25) is 20.0 Å². The lowest BCUT2D eigenvalue weighted by Crippen LogP contribution is -2.70. The largest absolute Gasteiger partial charge is 0.460 e. The van der Waals surface area contributed by atoms with Crippen molar-refractivity contribution in [2.45, 2.75) is 90.8 Å². The Morgan fingerprint density at radius 2 is 0.528 bits per heavy atom. The molecule has 0 spiro atoms. The quantitative estimate of drug-likeness (QED) is 0.0981. The van der Waals surface area contributed by atoms with Crippen LogP contribution >= 0.6 is 0 Å². The summed E-state index contributed by atoms with van der Waals surface area (Å²) in [7, 11) is -11.1. The standard InChI is InChI=1S/C19H16F26N2O4S2/c20-8(21,10(24,25)12(28,29)14(32,33)16(36,37)18(40,41)42)2-6-52(48,49)46-4-1-5-47-53(50,51)7-3-9(22,23)11(26,27)13(30,31)15(34,35)17(38,39)19(43,44)45/h46-47H,1-7H2. The minimum absolute atomic E-state index is 1.05. The summed E-state index contributed by atoms with van der Waals surface area (Å²) in [5.41, 5.74) is 0. The fourth-order valence-electron chi connectivity index (χ4n) is 3.13. The predicted octanol–water partition coefficient (Wildman–Crippen LogP) is 7.47. The maximum Gasteiger partial charge on any atom is 0.460 e. The number of nitrogens with one attached hydrogen (secondary N) is 2. The summed E-state index contributed by atoms with van der Waals surface area (Å²) < 4.78 is 389. The predicted molar refractivity (Wildman–Crippen MR) is 119 cm³/mol. The summed E-state index contributed by atoms with van der Waals surface area (Å²) in [6, 6.07) is 0. The Bertz CT molecular complexity index is 1380. The van der Waals surface area contributed by atoms with Crippen LogP contribution in [0.25, 0.3) is 0 Å². The molecule has 0 unspecified atom stereocenters. The number of alkyl halides is 26. The Labute approximate surface area is 276 Å². The highest BCUT2D eigenvalue weighted by Gasteiger charge is 2.92. The topological polar surface area (TPSA) is 92.3 Å². The molecule has 0 aliphatic rings. The Hall–Kier alpha value is -2.00. The van der Waals surface area contributed by atoms with Crippen molar-refractivity contribution >= 4 is 20.0 Å². The Balaban J connectivity index is 5.51. The summed E-state index contributed by atoms with van der Waals surface area (Å²) in [5, 5.41) is 0. The van der Waals surface area contributed by atoms with Gasteiger partial charge in [0.05, 0.1) is 11.5 Å².